The van der Waals surface area contributed by atoms with Crippen LogP contribution >= 0.6 is 23.2 Å². The summed E-state index contributed by atoms with van der Waals surface area (Å²) in [6, 6.07) is 7.76. The van der Waals surface area contributed by atoms with Crippen molar-refractivity contribution in [1.29, 1.82) is 5.41 Å². The van der Waals surface area contributed by atoms with Gasteiger partial charge in [-0.2, -0.15) is 0 Å². The third kappa shape index (κ3) is 4.32. The highest BCUT2D eigenvalue weighted by molar-refractivity contribution is 6.37. The number of nitrogens with one attached hydrogen (secondary N) is 1. The molecule has 0 aliphatic carbocycles. The Balaban J connectivity index is 1.82. The predicted molar refractivity (Wildman–Crippen MR) is 104 cm³/mol. The minimum Gasteiger partial charge on any atom is -0.507 e. The number of benzene rings is 2. The van der Waals surface area contributed by atoms with Gasteiger partial charge in [0, 0.05) is 11.6 Å². The Kier molecular flexibility index (Phi) is 6.28. The van der Waals surface area contributed by atoms with Crippen molar-refractivity contribution in [3.63, 3.8) is 0 Å². The third-order valence-electron chi connectivity index (χ3n) is 4.01. The average Bonchev–Trinajstić information content (AvgIpc) is 2.95. The molecule has 2 aromatic carbocycles. The molecule has 28 heavy (non-hydrogen) atoms. The summed E-state index contributed by atoms with van der Waals surface area (Å²) in [5.41, 5.74) is 1.51. The normalized spacial score (nSPS) is 11.1. The number of phenols is 1. The zero-order chi connectivity index (χ0) is 20.3. The largest absolute Gasteiger partial charge is 0.507 e. The Morgan fingerprint density at radius 2 is 2.04 bits per heavy atom. The van der Waals surface area contributed by atoms with Crippen molar-refractivity contribution in [1.82, 2.24) is 4.57 Å². The molecule has 0 saturated carbocycles. The number of rotatable bonds is 7. The van der Waals surface area contributed by atoms with E-state index in [0.29, 0.717) is 39.9 Å². The maximum absolute atomic E-state index is 12.0. The Bertz CT molecular complexity index is 1070. The zero-order valence-electron chi connectivity index (χ0n) is 15.0. The van der Waals surface area contributed by atoms with Gasteiger partial charge in [-0.3, -0.25) is 9.98 Å². The molecule has 0 atom stereocenters. The molecule has 148 valence electrons. The lowest BCUT2D eigenvalue weighted by atomic mass is 10.1. The molecule has 0 aliphatic rings. The van der Waals surface area contributed by atoms with Crippen LogP contribution in [-0.2, 0) is 16.0 Å². The summed E-state index contributed by atoms with van der Waals surface area (Å²) in [6.07, 6.45) is 0. The Morgan fingerprint density at radius 1 is 1.25 bits per heavy atom. The fourth-order valence-corrected chi connectivity index (χ4v) is 3.23. The molecule has 1 aromatic heterocycles. The minimum atomic E-state index is -0.634. The number of ether oxygens (including phenoxy) is 2. The summed E-state index contributed by atoms with van der Waals surface area (Å²) >= 11 is 12.2. The number of oxazole rings is 1. The molecule has 0 unspecified atom stereocenters. The number of carbonyl (C=O) groups is 1. The molecule has 0 saturated heterocycles. The maximum atomic E-state index is 12.0. The standard InChI is InChI=1S/C19H18Cl2N2O5/c1-2-26-5-6-27-18(25)13-4-3-11(7-16(13)24)10-23-15-9-12(20)8-14(21)17(15)28-19(23)22/h3-4,7-9,22,24H,2,5-6,10H2,1H3. The molecule has 7 nitrogen and oxygen atoms in total. The van der Waals surface area contributed by atoms with Crippen molar-refractivity contribution >= 4 is 40.3 Å². The van der Waals surface area contributed by atoms with E-state index in [0.717, 1.165) is 0 Å². The molecule has 0 spiro atoms. The van der Waals surface area contributed by atoms with Crippen LogP contribution in [0.4, 0.5) is 0 Å². The summed E-state index contributed by atoms with van der Waals surface area (Å²) in [7, 11) is 0. The van der Waals surface area contributed by atoms with E-state index in [1.165, 1.54) is 18.2 Å². The van der Waals surface area contributed by atoms with Gasteiger partial charge in [-0.1, -0.05) is 29.3 Å². The first kappa shape index (κ1) is 20.3. The van der Waals surface area contributed by atoms with E-state index in [1.54, 1.807) is 16.7 Å². The lowest BCUT2D eigenvalue weighted by Crippen LogP contribution is -2.15. The molecule has 1 heterocycles. The van der Waals surface area contributed by atoms with Crippen LogP contribution < -0.4 is 5.68 Å². The molecule has 3 rings (SSSR count). The quantitative estimate of drug-likeness (QED) is 0.441. The minimum absolute atomic E-state index is 0.0551. The van der Waals surface area contributed by atoms with Crippen molar-refractivity contribution in [2.24, 2.45) is 0 Å². The molecule has 0 fully saturated rings. The fraction of sp³-hybridized carbons (Fsp3) is 0.263. The van der Waals surface area contributed by atoms with Crippen molar-refractivity contribution in [2.45, 2.75) is 13.5 Å². The van der Waals surface area contributed by atoms with Gasteiger partial charge in [0.2, 0.25) is 0 Å². The Morgan fingerprint density at radius 3 is 2.75 bits per heavy atom. The molecule has 0 radical (unpaired) electrons. The van der Waals surface area contributed by atoms with Crippen molar-refractivity contribution in [3.8, 4) is 5.75 Å². The first-order valence-corrected chi connectivity index (χ1v) is 9.26. The van der Waals surface area contributed by atoms with Gasteiger partial charge < -0.3 is 19.0 Å². The number of fused-ring (bicyclic) bond motifs is 1. The highest BCUT2D eigenvalue weighted by atomic mass is 35.5. The number of aromatic hydroxyl groups is 1. The van der Waals surface area contributed by atoms with Crippen LogP contribution in [0.5, 0.6) is 5.75 Å². The molecule has 2 N–H and O–H groups in total. The first-order chi connectivity index (χ1) is 13.4. The number of nitrogens with zero attached hydrogens (tertiary/aromatic N) is 1. The molecule has 0 amide bonds. The van der Waals surface area contributed by atoms with Crippen LogP contribution in [0.3, 0.4) is 0 Å². The van der Waals surface area contributed by atoms with Crippen LogP contribution in [0.2, 0.25) is 10.0 Å². The third-order valence-corrected chi connectivity index (χ3v) is 4.51. The zero-order valence-corrected chi connectivity index (χ0v) is 16.5. The molecular formula is C19H18Cl2N2O5. The van der Waals surface area contributed by atoms with Crippen LogP contribution in [0.15, 0.2) is 34.7 Å². The molecule has 0 bridgehead atoms. The molecular weight excluding hydrogens is 407 g/mol. The van der Waals surface area contributed by atoms with Crippen LogP contribution in [0.25, 0.3) is 11.1 Å². The predicted octanol–water partition coefficient (Wildman–Crippen LogP) is 3.97. The number of esters is 1. The first-order valence-electron chi connectivity index (χ1n) is 8.50. The smallest absolute Gasteiger partial charge is 0.341 e. The highest BCUT2D eigenvalue weighted by Crippen LogP contribution is 2.28. The van der Waals surface area contributed by atoms with Gasteiger partial charge in [0.15, 0.2) is 5.58 Å². The summed E-state index contributed by atoms with van der Waals surface area (Å²) < 4.78 is 17.1. The lowest BCUT2D eigenvalue weighted by Gasteiger charge is -2.09. The highest BCUT2D eigenvalue weighted by Gasteiger charge is 2.16. The maximum Gasteiger partial charge on any atom is 0.341 e. The number of phenolic OH excluding ortho intramolecular Hbond substituents is 1. The number of aromatic nitrogens is 1. The number of hydrogen-bond acceptors (Lipinski definition) is 6. The fourth-order valence-electron chi connectivity index (χ4n) is 2.71. The van der Waals surface area contributed by atoms with E-state index in [9.17, 15) is 9.90 Å². The molecule has 3 aromatic rings. The second kappa shape index (κ2) is 8.68. The van der Waals surface area contributed by atoms with Crippen molar-refractivity contribution < 1.29 is 23.8 Å². The molecule has 0 aliphatic heterocycles. The van der Waals surface area contributed by atoms with E-state index in [1.807, 2.05) is 6.92 Å². The topological polar surface area (TPSA) is 97.7 Å². The summed E-state index contributed by atoms with van der Waals surface area (Å²) in [4.78, 5) is 12.0. The van der Waals surface area contributed by atoms with Gasteiger partial charge in [-0.15, -0.1) is 0 Å². The molecule has 9 heteroatoms. The van der Waals surface area contributed by atoms with Gasteiger partial charge in [0.25, 0.3) is 5.68 Å². The van der Waals surface area contributed by atoms with Crippen LogP contribution in [-0.4, -0.2) is 35.5 Å². The van der Waals surface area contributed by atoms with Gasteiger partial charge in [-0.05, 0) is 36.8 Å². The van der Waals surface area contributed by atoms with Crippen LogP contribution in [0.1, 0.15) is 22.8 Å². The second-order valence-electron chi connectivity index (χ2n) is 5.91. The summed E-state index contributed by atoms with van der Waals surface area (Å²) in [5.74, 6) is -0.847. The number of hydrogen-bond donors (Lipinski definition) is 2. The lowest BCUT2D eigenvalue weighted by molar-refractivity contribution is 0.0332. The monoisotopic (exact) mass is 424 g/mol. The summed E-state index contributed by atoms with van der Waals surface area (Å²) in [5, 5.41) is 19.0. The SMILES string of the molecule is CCOCCOC(=O)c1ccc(Cn2c(=N)oc3c(Cl)cc(Cl)cc32)cc1O. The van der Waals surface area contributed by atoms with Gasteiger partial charge in [0.1, 0.15) is 17.9 Å². The van der Waals surface area contributed by atoms with Gasteiger partial charge in [-0.25, -0.2) is 4.79 Å². The van der Waals surface area contributed by atoms with E-state index in [-0.39, 0.29) is 30.1 Å². The van der Waals surface area contributed by atoms with Gasteiger partial charge in [0.05, 0.1) is 23.7 Å². The van der Waals surface area contributed by atoms with E-state index in [4.69, 9.17) is 42.5 Å². The average molecular weight is 425 g/mol. The van der Waals surface area contributed by atoms with Crippen molar-refractivity contribution in [3.05, 3.63) is 57.2 Å². The Hall–Kier alpha value is -2.48. The van der Waals surface area contributed by atoms with Gasteiger partial charge >= 0.3 is 5.97 Å². The van der Waals surface area contributed by atoms with Crippen LogP contribution in [0, 0.1) is 5.41 Å². The van der Waals surface area contributed by atoms with E-state index < -0.39 is 5.97 Å². The van der Waals surface area contributed by atoms with Crippen molar-refractivity contribution in [2.75, 3.05) is 19.8 Å². The van der Waals surface area contributed by atoms with E-state index >= 15 is 0 Å². The van der Waals surface area contributed by atoms with E-state index in [2.05, 4.69) is 0 Å². The summed E-state index contributed by atoms with van der Waals surface area (Å²) in [6.45, 7) is 3.00. The second-order valence-corrected chi connectivity index (χ2v) is 6.76. The Labute approximate surface area is 170 Å². The number of carbonyl (C=O) groups excluding carboxylic acids is 1. The number of halogens is 2.